The average molecular weight is 700 g/mol. The number of nitrogens with zero attached hydrogens (tertiary/aromatic N) is 1. The van der Waals surface area contributed by atoms with E-state index in [1.807, 2.05) is 27.2 Å². The zero-order chi connectivity index (χ0) is 35.8. The number of quaternary nitrogens is 1. The number of phosphoric ester groups is 1. The van der Waals surface area contributed by atoms with E-state index in [9.17, 15) is 19.4 Å². The smallest absolute Gasteiger partial charge is 0.387 e. The maximum Gasteiger partial charge on any atom is 0.472 e. The zero-order valence-electron chi connectivity index (χ0n) is 31.7. The van der Waals surface area contributed by atoms with Crippen LogP contribution in [-0.2, 0) is 18.4 Å². The van der Waals surface area contributed by atoms with E-state index in [2.05, 4.69) is 43.5 Å². The first-order chi connectivity index (χ1) is 23.0. The maximum absolute atomic E-state index is 12.7. The number of phosphoric acid groups is 1. The predicted molar refractivity (Wildman–Crippen MR) is 203 cm³/mol. The Labute approximate surface area is 296 Å². The summed E-state index contributed by atoms with van der Waals surface area (Å²) >= 11 is 0. The van der Waals surface area contributed by atoms with E-state index in [1.165, 1.54) is 89.9 Å². The third-order valence-corrected chi connectivity index (χ3v) is 9.32. The Bertz CT molecular complexity index is 886. The van der Waals surface area contributed by atoms with Gasteiger partial charge in [-0.3, -0.25) is 13.8 Å². The van der Waals surface area contributed by atoms with Gasteiger partial charge in [0.25, 0.3) is 0 Å². The van der Waals surface area contributed by atoms with Crippen molar-refractivity contribution in [2.24, 2.45) is 0 Å². The lowest BCUT2D eigenvalue weighted by Crippen LogP contribution is -2.45. The molecule has 0 saturated carbocycles. The Balaban J connectivity index is 4.50. The number of unbranched alkanes of at least 4 members (excludes halogenated alkanes) is 17. The minimum atomic E-state index is -4.33. The lowest BCUT2D eigenvalue weighted by atomic mass is 10.1. The molecule has 8 nitrogen and oxygen atoms in total. The maximum atomic E-state index is 12.7. The number of amides is 1. The number of aliphatic hydroxyl groups is 1. The molecular formula is C39H76N2O6P+. The summed E-state index contributed by atoms with van der Waals surface area (Å²) in [5, 5.41) is 13.7. The van der Waals surface area contributed by atoms with Crippen molar-refractivity contribution in [3.05, 3.63) is 36.5 Å². The van der Waals surface area contributed by atoms with Crippen molar-refractivity contribution in [3.63, 3.8) is 0 Å². The van der Waals surface area contributed by atoms with Crippen molar-refractivity contribution in [2.45, 2.75) is 167 Å². The Morgan fingerprint density at radius 2 is 1.15 bits per heavy atom. The molecule has 0 aromatic heterocycles. The molecule has 1 amide bonds. The minimum Gasteiger partial charge on any atom is -0.387 e. The standard InChI is InChI=1S/C39H75N2O6P/c1-6-8-10-12-14-15-16-17-18-19-20-21-22-23-24-25-27-28-30-32-38(42)37(36-47-48(44,45)46-35-34-41(3,4)5)40-39(43)33-31-29-26-13-11-9-7-2/h20-21,24-25,30,32,37-38,42H,6-19,22-23,26-29,31,33-36H2,1-5H3,(H-,40,43,44,45)/p+1/b21-20+,25-24+,32-30+. The first kappa shape index (κ1) is 46.7. The van der Waals surface area contributed by atoms with Gasteiger partial charge in [-0.15, -0.1) is 0 Å². The molecule has 0 aromatic rings. The van der Waals surface area contributed by atoms with E-state index >= 15 is 0 Å². The number of hydrogen-bond acceptors (Lipinski definition) is 5. The van der Waals surface area contributed by atoms with Gasteiger partial charge < -0.3 is 19.8 Å². The SMILES string of the molecule is CCCCCCCCCCC/C=C/CC/C=C/CC/C=C/C(O)C(COP(=O)(O)OCC[N+](C)(C)C)NC(=O)CCCCCCCCC. The van der Waals surface area contributed by atoms with Crippen LogP contribution in [-0.4, -0.2) is 73.4 Å². The van der Waals surface area contributed by atoms with Crippen molar-refractivity contribution in [2.75, 3.05) is 40.9 Å². The summed E-state index contributed by atoms with van der Waals surface area (Å²) in [7, 11) is 1.54. The molecule has 0 radical (unpaired) electrons. The van der Waals surface area contributed by atoms with Crippen LogP contribution in [0.15, 0.2) is 36.5 Å². The zero-order valence-corrected chi connectivity index (χ0v) is 32.6. The number of rotatable bonds is 34. The predicted octanol–water partition coefficient (Wildman–Crippen LogP) is 9.96. The summed E-state index contributed by atoms with van der Waals surface area (Å²) in [6.45, 7) is 4.71. The number of carbonyl (C=O) groups is 1. The Morgan fingerprint density at radius 3 is 1.67 bits per heavy atom. The number of nitrogens with one attached hydrogen (secondary N) is 1. The van der Waals surface area contributed by atoms with Gasteiger partial charge in [0.1, 0.15) is 13.2 Å². The fourth-order valence-corrected chi connectivity index (χ4v) is 5.92. The molecule has 0 saturated heterocycles. The molecule has 282 valence electrons. The number of likely N-dealkylation sites (N-methyl/N-ethyl adjacent to an activating group) is 1. The highest BCUT2D eigenvalue weighted by Crippen LogP contribution is 2.43. The molecule has 0 fully saturated rings. The fourth-order valence-electron chi connectivity index (χ4n) is 5.19. The van der Waals surface area contributed by atoms with E-state index in [0.29, 0.717) is 17.4 Å². The molecule has 3 N–H and O–H groups in total. The second-order valence-electron chi connectivity index (χ2n) is 14.3. The van der Waals surface area contributed by atoms with Gasteiger partial charge in [0.05, 0.1) is 39.9 Å². The highest BCUT2D eigenvalue weighted by Gasteiger charge is 2.27. The van der Waals surface area contributed by atoms with Gasteiger partial charge in [0.15, 0.2) is 0 Å². The van der Waals surface area contributed by atoms with Crippen LogP contribution in [0, 0.1) is 0 Å². The van der Waals surface area contributed by atoms with Crippen molar-refractivity contribution >= 4 is 13.7 Å². The van der Waals surface area contributed by atoms with Gasteiger partial charge >= 0.3 is 7.82 Å². The molecule has 0 spiro atoms. The molecule has 0 heterocycles. The number of aliphatic hydroxyl groups excluding tert-OH is 1. The van der Waals surface area contributed by atoms with Crippen molar-refractivity contribution < 1.29 is 32.9 Å². The van der Waals surface area contributed by atoms with Gasteiger partial charge in [0.2, 0.25) is 5.91 Å². The molecule has 0 aromatic carbocycles. The largest absolute Gasteiger partial charge is 0.472 e. The van der Waals surface area contributed by atoms with E-state index < -0.39 is 20.0 Å². The lowest BCUT2D eigenvalue weighted by Gasteiger charge is -2.25. The van der Waals surface area contributed by atoms with Gasteiger partial charge in [0, 0.05) is 6.42 Å². The molecule has 9 heteroatoms. The van der Waals surface area contributed by atoms with Gasteiger partial charge in [-0.1, -0.05) is 140 Å². The molecule has 0 rings (SSSR count). The highest BCUT2D eigenvalue weighted by atomic mass is 31.2. The summed E-state index contributed by atoms with van der Waals surface area (Å²) in [5.74, 6) is -0.200. The third-order valence-electron chi connectivity index (χ3n) is 8.34. The van der Waals surface area contributed by atoms with Crippen LogP contribution in [0.1, 0.15) is 155 Å². The lowest BCUT2D eigenvalue weighted by molar-refractivity contribution is -0.870. The molecule has 0 aliphatic carbocycles. The third kappa shape index (κ3) is 33.2. The Hall–Kier alpha value is -1.28. The second-order valence-corrected chi connectivity index (χ2v) is 15.7. The fraction of sp³-hybridized carbons (Fsp3) is 0.821. The normalized spacial score (nSPS) is 15.1. The first-order valence-corrected chi connectivity index (χ1v) is 20.9. The van der Waals surface area contributed by atoms with Crippen molar-refractivity contribution in [1.82, 2.24) is 5.32 Å². The first-order valence-electron chi connectivity index (χ1n) is 19.4. The quantitative estimate of drug-likeness (QED) is 0.0267. The molecule has 0 bridgehead atoms. The van der Waals surface area contributed by atoms with Gasteiger partial charge in [-0.05, 0) is 44.9 Å². The number of hydrogen-bond donors (Lipinski definition) is 3. The van der Waals surface area contributed by atoms with E-state index in [4.69, 9.17) is 9.05 Å². The Morgan fingerprint density at radius 1 is 0.688 bits per heavy atom. The summed E-state index contributed by atoms with van der Waals surface area (Å²) in [5.41, 5.74) is 0. The minimum absolute atomic E-state index is 0.0537. The van der Waals surface area contributed by atoms with Crippen LogP contribution in [0.4, 0.5) is 0 Å². The van der Waals surface area contributed by atoms with Crippen LogP contribution in [0.5, 0.6) is 0 Å². The summed E-state index contributed by atoms with van der Waals surface area (Å²) in [6, 6.07) is -0.862. The monoisotopic (exact) mass is 700 g/mol. The van der Waals surface area contributed by atoms with Gasteiger partial charge in [-0.2, -0.15) is 0 Å². The van der Waals surface area contributed by atoms with Crippen LogP contribution in [0.3, 0.4) is 0 Å². The van der Waals surface area contributed by atoms with Crippen LogP contribution < -0.4 is 5.32 Å². The number of allylic oxidation sites excluding steroid dienone is 5. The van der Waals surface area contributed by atoms with Crippen LogP contribution in [0.25, 0.3) is 0 Å². The number of carbonyl (C=O) groups excluding carboxylic acids is 1. The van der Waals surface area contributed by atoms with E-state index in [0.717, 1.165) is 44.9 Å². The average Bonchev–Trinajstić information content (AvgIpc) is 3.02. The Kier molecular flexibility index (Phi) is 30.8. The second kappa shape index (κ2) is 31.7. The molecule has 48 heavy (non-hydrogen) atoms. The van der Waals surface area contributed by atoms with Gasteiger partial charge in [-0.25, -0.2) is 4.57 Å². The van der Waals surface area contributed by atoms with Crippen molar-refractivity contribution in [1.29, 1.82) is 0 Å². The molecular weight excluding hydrogens is 623 g/mol. The summed E-state index contributed by atoms with van der Waals surface area (Å²) < 4.78 is 23.4. The molecule has 0 aliphatic heterocycles. The summed E-state index contributed by atoms with van der Waals surface area (Å²) in [4.78, 5) is 22.8. The highest BCUT2D eigenvalue weighted by molar-refractivity contribution is 7.47. The topological polar surface area (TPSA) is 105 Å². The van der Waals surface area contributed by atoms with E-state index in [1.54, 1.807) is 6.08 Å². The molecule has 0 aliphatic rings. The molecule has 3 unspecified atom stereocenters. The van der Waals surface area contributed by atoms with Crippen molar-refractivity contribution in [3.8, 4) is 0 Å². The van der Waals surface area contributed by atoms with Crippen LogP contribution >= 0.6 is 7.82 Å². The van der Waals surface area contributed by atoms with Crippen LogP contribution in [0.2, 0.25) is 0 Å². The van der Waals surface area contributed by atoms with E-state index in [-0.39, 0.29) is 19.1 Å². The molecule has 3 atom stereocenters. The summed E-state index contributed by atoms with van der Waals surface area (Å²) in [6.07, 6.45) is 36.6.